The second-order valence-electron chi connectivity index (χ2n) is 6.55. The lowest BCUT2D eigenvalue weighted by molar-refractivity contribution is -0.856. The number of amides is 1. The molecule has 0 radical (unpaired) electrons. The standard InChI is InChI=1S/C19H20Cl2N4O2/c1-12-4-7-18(27-12)16-11-17(19(26)22-8-9-24(2)3)25(23-16)13-5-6-14(20)15(21)10-13/h4-7,10-11H,8-9H2,1-3H3,(H,22,26)/p+1. The van der Waals surface area contributed by atoms with E-state index in [-0.39, 0.29) is 5.91 Å². The molecule has 3 rings (SSSR count). The third kappa shape index (κ3) is 4.53. The van der Waals surface area contributed by atoms with E-state index in [0.29, 0.717) is 39.4 Å². The van der Waals surface area contributed by atoms with E-state index in [9.17, 15) is 4.79 Å². The van der Waals surface area contributed by atoms with Crippen molar-refractivity contribution >= 4 is 29.1 Å². The van der Waals surface area contributed by atoms with Crippen molar-refractivity contribution in [3.05, 3.63) is 57.9 Å². The summed E-state index contributed by atoms with van der Waals surface area (Å²) in [6, 6.07) is 10.5. The van der Waals surface area contributed by atoms with E-state index < -0.39 is 0 Å². The van der Waals surface area contributed by atoms with Crippen LogP contribution in [0, 0.1) is 6.92 Å². The van der Waals surface area contributed by atoms with Crippen molar-refractivity contribution in [1.29, 1.82) is 0 Å². The van der Waals surface area contributed by atoms with Crippen LogP contribution in [0.4, 0.5) is 0 Å². The van der Waals surface area contributed by atoms with E-state index in [4.69, 9.17) is 27.6 Å². The summed E-state index contributed by atoms with van der Waals surface area (Å²) in [6.45, 7) is 3.23. The van der Waals surface area contributed by atoms with Crippen molar-refractivity contribution in [2.24, 2.45) is 0 Å². The van der Waals surface area contributed by atoms with Gasteiger partial charge in [0, 0.05) is 6.07 Å². The van der Waals surface area contributed by atoms with Gasteiger partial charge in [-0.3, -0.25) is 4.79 Å². The first-order valence-corrected chi connectivity index (χ1v) is 9.30. The Bertz CT molecular complexity index is 963. The molecule has 0 unspecified atom stereocenters. The quantitative estimate of drug-likeness (QED) is 0.659. The average Bonchev–Trinajstić information content (AvgIpc) is 3.23. The Morgan fingerprint density at radius 3 is 2.59 bits per heavy atom. The van der Waals surface area contributed by atoms with Crippen molar-refractivity contribution in [2.75, 3.05) is 27.2 Å². The van der Waals surface area contributed by atoms with Gasteiger partial charge in [-0.1, -0.05) is 23.2 Å². The first kappa shape index (κ1) is 19.5. The third-order valence-electron chi connectivity index (χ3n) is 3.99. The molecular formula is C19H21Cl2N4O2+. The van der Waals surface area contributed by atoms with E-state index in [1.165, 1.54) is 4.90 Å². The lowest BCUT2D eigenvalue weighted by atomic mass is 10.2. The van der Waals surface area contributed by atoms with Crippen molar-refractivity contribution in [3.8, 4) is 17.1 Å². The Morgan fingerprint density at radius 1 is 1.19 bits per heavy atom. The highest BCUT2D eigenvalue weighted by Crippen LogP contribution is 2.27. The number of nitrogens with one attached hydrogen (secondary N) is 2. The molecule has 0 aliphatic heterocycles. The minimum atomic E-state index is -0.218. The van der Waals surface area contributed by atoms with Gasteiger partial charge in [0.2, 0.25) is 0 Å². The van der Waals surface area contributed by atoms with Crippen LogP contribution in [0.25, 0.3) is 17.1 Å². The number of hydrogen-bond donors (Lipinski definition) is 2. The van der Waals surface area contributed by atoms with Gasteiger partial charge in [0.25, 0.3) is 5.91 Å². The van der Waals surface area contributed by atoms with Crippen LogP contribution in [0.1, 0.15) is 16.2 Å². The van der Waals surface area contributed by atoms with E-state index in [0.717, 1.165) is 12.3 Å². The van der Waals surface area contributed by atoms with Gasteiger partial charge >= 0.3 is 0 Å². The van der Waals surface area contributed by atoms with Crippen molar-refractivity contribution in [2.45, 2.75) is 6.92 Å². The minimum absolute atomic E-state index is 0.218. The SMILES string of the molecule is Cc1ccc(-c2cc(C(=O)NCC[NH+](C)C)n(-c3ccc(Cl)c(Cl)c3)n2)o1. The van der Waals surface area contributed by atoms with Crippen LogP contribution in [0.3, 0.4) is 0 Å². The van der Waals surface area contributed by atoms with Crippen LogP contribution in [-0.4, -0.2) is 42.9 Å². The predicted octanol–water partition coefficient (Wildman–Crippen LogP) is 2.62. The molecule has 2 N–H and O–H groups in total. The molecule has 0 saturated heterocycles. The van der Waals surface area contributed by atoms with Gasteiger partial charge in [0.05, 0.1) is 42.9 Å². The third-order valence-corrected chi connectivity index (χ3v) is 4.73. The molecule has 2 heterocycles. The normalized spacial score (nSPS) is 11.2. The summed E-state index contributed by atoms with van der Waals surface area (Å²) < 4.78 is 7.20. The fourth-order valence-corrected chi connectivity index (χ4v) is 2.86. The minimum Gasteiger partial charge on any atom is -0.460 e. The molecule has 0 fully saturated rings. The van der Waals surface area contributed by atoms with Crippen LogP contribution in [-0.2, 0) is 0 Å². The summed E-state index contributed by atoms with van der Waals surface area (Å²) in [6.07, 6.45) is 0. The topological polar surface area (TPSA) is 64.5 Å². The summed E-state index contributed by atoms with van der Waals surface area (Å²) in [5.41, 5.74) is 1.60. The number of carbonyl (C=O) groups is 1. The number of hydrogen-bond acceptors (Lipinski definition) is 3. The monoisotopic (exact) mass is 407 g/mol. The summed E-state index contributed by atoms with van der Waals surface area (Å²) in [5, 5.41) is 8.31. The van der Waals surface area contributed by atoms with E-state index in [1.807, 2.05) is 33.2 Å². The maximum absolute atomic E-state index is 12.8. The average molecular weight is 408 g/mol. The number of aromatic nitrogens is 2. The molecule has 8 heteroatoms. The summed E-state index contributed by atoms with van der Waals surface area (Å²) in [4.78, 5) is 14.0. The number of rotatable bonds is 6. The summed E-state index contributed by atoms with van der Waals surface area (Å²) >= 11 is 12.2. The van der Waals surface area contributed by atoms with Crippen molar-refractivity contribution in [1.82, 2.24) is 15.1 Å². The largest absolute Gasteiger partial charge is 0.460 e. The van der Waals surface area contributed by atoms with Gasteiger partial charge in [0.15, 0.2) is 5.76 Å². The number of carbonyl (C=O) groups excluding carboxylic acids is 1. The molecule has 2 aromatic heterocycles. The highest BCUT2D eigenvalue weighted by molar-refractivity contribution is 6.42. The Balaban J connectivity index is 1.99. The van der Waals surface area contributed by atoms with Gasteiger partial charge in [-0.2, -0.15) is 5.10 Å². The Labute approximate surface area is 167 Å². The van der Waals surface area contributed by atoms with Crippen LogP contribution in [0.5, 0.6) is 0 Å². The number of benzene rings is 1. The van der Waals surface area contributed by atoms with Gasteiger partial charge in [-0.15, -0.1) is 0 Å². The maximum Gasteiger partial charge on any atom is 0.270 e. The predicted molar refractivity (Wildman–Crippen MR) is 106 cm³/mol. The van der Waals surface area contributed by atoms with Gasteiger partial charge in [0.1, 0.15) is 17.1 Å². The zero-order chi connectivity index (χ0) is 19.6. The molecule has 0 aliphatic carbocycles. The number of aryl methyl sites for hydroxylation is 1. The highest BCUT2D eigenvalue weighted by atomic mass is 35.5. The van der Waals surface area contributed by atoms with Crippen LogP contribution < -0.4 is 10.2 Å². The highest BCUT2D eigenvalue weighted by Gasteiger charge is 2.19. The molecule has 1 aromatic carbocycles. The zero-order valence-corrected chi connectivity index (χ0v) is 16.9. The summed E-state index contributed by atoms with van der Waals surface area (Å²) in [5.74, 6) is 1.15. The molecule has 27 heavy (non-hydrogen) atoms. The lowest BCUT2D eigenvalue weighted by Gasteiger charge is -2.10. The Morgan fingerprint density at radius 2 is 1.96 bits per heavy atom. The first-order chi connectivity index (χ1) is 12.8. The number of nitrogens with zero attached hydrogens (tertiary/aromatic N) is 2. The van der Waals surface area contributed by atoms with Crippen LogP contribution in [0.2, 0.25) is 10.0 Å². The molecule has 0 spiro atoms. The second-order valence-corrected chi connectivity index (χ2v) is 7.36. The fourth-order valence-electron chi connectivity index (χ4n) is 2.57. The molecule has 6 nitrogen and oxygen atoms in total. The van der Waals surface area contributed by atoms with E-state index in [1.54, 1.807) is 28.9 Å². The molecule has 3 aromatic rings. The Kier molecular flexibility index (Phi) is 5.89. The maximum atomic E-state index is 12.8. The van der Waals surface area contributed by atoms with Crippen molar-refractivity contribution < 1.29 is 14.1 Å². The zero-order valence-electron chi connectivity index (χ0n) is 15.3. The van der Waals surface area contributed by atoms with Crippen molar-refractivity contribution in [3.63, 3.8) is 0 Å². The molecule has 1 amide bonds. The second kappa shape index (κ2) is 8.17. The molecule has 142 valence electrons. The Hall–Kier alpha value is -2.28. The van der Waals surface area contributed by atoms with Gasteiger partial charge < -0.3 is 14.6 Å². The van der Waals surface area contributed by atoms with Crippen LogP contribution >= 0.6 is 23.2 Å². The molecule has 0 saturated carbocycles. The van der Waals surface area contributed by atoms with Gasteiger partial charge in [-0.05, 0) is 37.3 Å². The molecule has 0 aliphatic rings. The van der Waals surface area contributed by atoms with E-state index >= 15 is 0 Å². The molecular weight excluding hydrogens is 387 g/mol. The van der Waals surface area contributed by atoms with E-state index in [2.05, 4.69) is 10.4 Å². The number of quaternary nitrogens is 1. The lowest BCUT2D eigenvalue weighted by Crippen LogP contribution is -3.06. The number of halogens is 2. The summed E-state index contributed by atoms with van der Waals surface area (Å²) in [7, 11) is 4.06. The van der Waals surface area contributed by atoms with Gasteiger partial charge in [-0.25, -0.2) is 4.68 Å². The number of furan rings is 1. The number of likely N-dealkylation sites (N-methyl/N-ethyl adjacent to an activating group) is 1. The molecule has 0 bridgehead atoms. The fraction of sp³-hybridized carbons (Fsp3) is 0.263. The molecule has 0 atom stereocenters. The van der Waals surface area contributed by atoms with Crippen LogP contribution in [0.15, 0.2) is 40.8 Å². The smallest absolute Gasteiger partial charge is 0.270 e. The first-order valence-electron chi connectivity index (χ1n) is 8.54.